The number of hydrogen-bond donors (Lipinski definition) is 1. The van der Waals surface area contributed by atoms with E-state index in [0.717, 1.165) is 60.8 Å². The lowest BCUT2D eigenvalue weighted by atomic mass is 10.1. The third-order valence-electron chi connectivity index (χ3n) is 6.59. The van der Waals surface area contributed by atoms with Gasteiger partial charge in [0.25, 0.3) is 0 Å². The summed E-state index contributed by atoms with van der Waals surface area (Å²) in [6.07, 6.45) is 6.80. The fourth-order valence-corrected chi connectivity index (χ4v) is 4.65. The fourth-order valence-electron chi connectivity index (χ4n) is 4.65. The molecular formula is C29H29N9. The molecule has 0 unspecified atom stereocenters. The largest absolute Gasteiger partial charge is 0.383 e. The Morgan fingerprint density at radius 3 is 2.53 bits per heavy atom. The minimum atomic E-state index is 0.431. The van der Waals surface area contributed by atoms with Crippen LogP contribution in [0.4, 0.5) is 5.82 Å². The Kier molecular flexibility index (Phi) is 7.24. The lowest BCUT2D eigenvalue weighted by Crippen LogP contribution is -2.44. The molecular weight excluding hydrogens is 474 g/mol. The number of nitrogens with two attached hydrogens (primary N) is 1. The molecule has 9 nitrogen and oxygen atoms in total. The Hall–Kier alpha value is -4.81. The van der Waals surface area contributed by atoms with Gasteiger partial charge in [-0.3, -0.25) is 14.5 Å². The van der Waals surface area contributed by atoms with E-state index in [-0.39, 0.29) is 0 Å². The van der Waals surface area contributed by atoms with E-state index in [1.165, 1.54) is 5.56 Å². The molecule has 0 amide bonds. The number of pyridine rings is 2. The molecule has 0 atom stereocenters. The van der Waals surface area contributed by atoms with Crippen LogP contribution in [0.2, 0.25) is 0 Å². The Morgan fingerprint density at radius 1 is 1.08 bits per heavy atom. The zero-order chi connectivity index (χ0) is 26.5. The maximum atomic E-state index is 9.23. The first-order chi connectivity index (χ1) is 18.6. The van der Waals surface area contributed by atoms with Crippen LogP contribution in [0.5, 0.6) is 0 Å². The minimum Gasteiger partial charge on any atom is -0.383 e. The summed E-state index contributed by atoms with van der Waals surface area (Å²) in [5.74, 6) is 1.15. The van der Waals surface area contributed by atoms with E-state index < -0.39 is 0 Å². The molecule has 0 spiro atoms. The van der Waals surface area contributed by atoms with Crippen molar-refractivity contribution >= 4 is 23.2 Å². The molecule has 1 aromatic carbocycles. The third-order valence-corrected chi connectivity index (χ3v) is 6.59. The normalized spacial score (nSPS) is 14.7. The highest BCUT2D eigenvalue weighted by molar-refractivity contribution is 5.84. The number of benzene rings is 1. The number of aliphatic imine (C=N–C) groups is 1. The Bertz CT molecular complexity index is 1550. The van der Waals surface area contributed by atoms with E-state index in [0.29, 0.717) is 17.2 Å². The second-order valence-electron chi connectivity index (χ2n) is 9.07. The van der Waals surface area contributed by atoms with Crippen LogP contribution in [0.25, 0.3) is 28.2 Å². The number of anilines is 1. The number of piperazine rings is 1. The maximum Gasteiger partial charge on any atom is 0.164 e. The summed E-state index contributed by atoms with van der Waals surface area (Å²) in [6.45, 7) is 8.55. The van der Waals surface area contributed by atoms with Crippen molar-refractivity contribution in [1.29, 1.82) is 5.26 Å². The number of aromatic nitrogens is 4. The van der Waals surface area contributed by atoms with Gasteiger partial charge in [0.1, 0.15) is 17.4 Å². The summed E-state index contributed by atoms with van der Waals surface area (Å²) in [5.41, 5.74) is 12.1. The van der Waals surface area contributed by atoms with Gasteiger partial charge in [-0.1, -0.05) is 18.7 Å². The van der Waals surface area contributed by atoms with E-state index in [4.69, 9.17) is 10.7 Å². The maximum absolute atomic E-state index is 9.23. The van der Waals surface area contributed by atoms with E-state index in [1.54, 1.807) is 31.7 Å². The van der Waals surface area contributed by atoms with Crippen LogP contribution in [-0.2, 0) is 6.54 Å². The third kappa shape index (κ3) is 5.16. The summed E-state index contributed by atoms with van der Waals surface area (Å²) in [5, 5.41) is 9.23. The molecule has 190 valence electrons. The summed E-state index contributed by atoms with van der Waals surface area (Å²) >= 11 is 0. The van der Waals surface area contributed by atoms with Gasteiger partial charge in [-0.15, -0.1) is 0 Å². The Balaban J connectivity index is 1.31. The number of rotatable bonds is 7. The van der Waals surface area contributed by atoms with E-state index in [9.17, 15) is 5.26 Å². The van der Waals surface area contributed by atoms with Crippen molar-refractivity contribution in [1.82, 2.24) is 29.3 Å². The van der Waals surface area contributed by atoms with Crippen LogP contribution in [0.15, 0.2) is 89.8 Å². The van der Waals surface area contributed by atoms with Gasteiger partial charge in [0.2, 0.25) is 0 Å². The van der Waals surface area contributed by atoms with Gasteiger partial charge in [0.15, 0.2) is 11.5 Å². The molecule has 0 aliphatic carbocycles. The van der Waals surface area contributed by atoms with Crippen LogP contribution in [-0.4, -0.2) is 68.8 Å². The van der Waals surface area contributed by atoms with Crippen molar-refractivity contribution in [2.75, 3.05) is 39.0 Å². The first-order valence-electron chi connectivity index (χ1n) is 12.4. The number of imidazole rings is 1. The molecule has 2 N–H and O–H groups in total. The number of hydrogen-bond acceptors (Lipinski definition) is 8. The van der Waals surface area contributed by atoms with Crippen LogP contribution in [0.1, 0.15) is 5.56 Å². The highest BCUT2D eigenvalue weighted by atomic mass is 15.3. The molecule has 5 rings (SSSR count). The molecule has 4 heterocycles. The van der Waals surface area contributed by atoms with E-state index >= 15 is 0 Å². The Morgan fingerprint density at radius 2 is 1.82 bits per heavy atom. The van der Waals surface area contributed by atoms with Crippen molar-refractivity contribution in [2.24, 2.45) is 4.99 Å². The van der Waals surface area contributed by atoms with Crippen molar-refractivity contribution < 1.29 is 0 Å². The fraction of sp³-hybridized carbons (Fsp3) is 0.207. The highest BCUT2D eigenvalue weighted by Gasteiger charge is 2.19. The molecule has 4 aromatic rings. The smallest absolute Gasteiger partial charge is 0.164 e. The molecule has 1 fully saturated rings. The second-order valence-corrected chi connectivity index (χ2v) is 9.07. The Labute approximate surface area is 221 Å². The lowest BCUT2D eigenvalue weighted by molar-refractivity contribution is 0.156. The van der Waals surface area contributed by atoms with E-state index in [1.807, 2.05) is 28.8 Å². The summed E-state index contributed by atoms with van der Waals surface area (Å²) in [4.78, 5) is 22.2. The predicted octanol–water partition coefficient (Wildman–Crippen LogP) is 3.85. The zero-order valence-electron chi connectivity index (χ0n) is 21.3. The monoisotopic (exact) mass is 503 g/mol. The highest BCUT2D eigenvalue weighted by Crippen LogP contribution is 2.30. The molecule has 38 heavy (non-hydrogen) atoms. The summed E-state index contributed by atoms with van der Waals surface area (Å²) in [6, 6.07) is 18.3. The molecule has 0 bridgehead atoms. The summed E-state index contributed by atoms with van der Waals surface area (Å²) in [7, 11) is 1.66. The van der Waals surface area contributed by atoms with E-state index in [2.05, 4.69) is 61.7 Å². The molecule has 9 heteroatoms. The van der Waals surface area contributed by atoms with Gasteiger partial charge in [-0.2, -0.15) is 5.26 Å². The van der Waals surface area contributed by atoms with Crippen molar-refractivity contribution in [3.63, 3.8) is 0 Å². The van der Waals surface area contributed by atoms with Crippen molar-refractivity contribution in [3.05, 3.63) is 90.4 Å². The number of nitrogens with zero attached hydrogens (tertiary/aromatic N) is 8. The quantitative estimate of drug-likeness (QED) is 0.232. The molecule has 3 aromatic heterocycles. The van der Waals surface area contributed by atoms with Gasteiger partial charge in [0, 0.05) is 69.8 Å². The molecule has 1 aliphatic rings. The first-order valence-corrected chi connectivity index (χ1v) is 12.4. The number of nitrogen functional groups attached to an aromatic ring is 1. The minimum absolute atomic E-state index is 0.431. The standard InChI is InChI=1S/C29H29N9/c1-21(17-23(18-30)19-32-2)37-15-13-36(14-16-37)20-22-7-9-24(10-8-22)38-28(25-5-3-11-33-27(25)31)35-26-6-4-12-34-29(26)38/h3-12,17,19H,1,13-16,20H2,2H3,(H2,31,33)/b23-17-,32-19?. The molecule has 1 aliphatic heterocycles. The lowest BCUT2D eigenvalue weighted by Gasteiger charge is -2.36. The summed E-state index contributed by atoms with van der Waals surface area (Å²) < 4.78 is 2.03. The average Bonchev–Trinajstić information content (AvgIpc) is 3.33. The van der Waals surface area contributed by atoms with Crippen molar-refractivity contribution in [3.8, 4) is 23.1 Å². The zero-order valence-corrected chi connectivity index (χ0v) is 21.3. The number of fused-ring (bicyclic) bond motifs is 1. The second kappa shape index (κ2) is 11.1. The van der Waals surface area contributed by atoms with Crippen LogP contribution < -0.4 is 5.73 Å². The van der Waals surface area contributed by atoms with Crippen molar-refractivity contribution in [2.45, 2.75) is 6.54 Å². The van der Waals surface area contributed by atoms with Crippen LogP contribution in [0.3, 0.4) is 0 Å². The van der Waals surface area contributed by atoms with Gasteiger partial charge in [-0.05, 0) is 48.0 Å². The van der Waals surface area contributed by atoms with Gasteiger partial charge < -0.3 is 10.6 Å². The number of allylic oxidation sites excluding steroid dienone is 2. The predicted molar refractivity (Wildman–Crippen MR) is 151 cm³/mol. The van der Waals surface area contributed by atoms with Gasteiger partial charge >= 0.3 is 0 Å². The number of nitriles is 1. The SMILES string of the molecule is C=C(/C=C(/C#N)C=NC)N1CCN(Cc2ccc(-n3c(-c4cccnc4N)nc4cccnc43)cc2)CC1. The average molecular weight is 504 g/mol. The van der Waals surface area contributed by atoms with Gasteiger partial charge in [0.05, 0.1) is 11.1 Å². The molecule has 0 saturated carbocycles. The molecule has 0 radical (unpaired) electrons. The first kappa shape index (κ1) is 24.9. The molecule has 1 saturated heterocycles. The van der Waals surface area contributed by atoms with Crippen LogP contribution in [0, 0.1) is 11.3 Å². The topological polar surface area (TPSA) is 112 Å². The van der Waals surface area contributed by atoms with Gasteiger partial charge in [-0.25, -0.2) is 15.0 Å². The van der Waals surface area contributed by atoms with Crippen LogP contribution >= 0.6 is 0 Å².